The molecular weight excluding hydrogens is 216 g/mol. The van der Waals surface area contributed by atoms with Crippen molar-refractivity contribution in [3.05, 3.63) is 23.4 Å². The van der Waals surface area contributed by atoms with Crippen molar-refractivity contribution in [2.75, 3.05) is 7.11 Å². The van der Waals surface area contributed by atoms with Crippen molar-refractivity contribution in [1.29, 1.82) is 0 Å². The van der Waals surface area contributed by atoms with Gasteiger partial charge in [-0.05, 0) is 13.8 Å². The molecule has 0 N–H and O–H groups in total. The molecule has 0 radical (unpaired) electrons. The second kappa shape index (κ2) is 3.43. The molecule has 0 aliphatic rings. The van der Waals surface area contributed by atoms with E-state index in [0.29, 0.717) is 16.6 Å². The lowest BCUT2D eigenvalue weighted by atomic mass is 10.1. The fraction of sp³-hybridized carbons (Fsp3) is 0.444. The molecule has 80 valence electrons. The van der Waals surface area contributed by atoms with E-state index in [1.807, 2.05) is 13.8 Å². The van der Waals surface area contributed by atoms with E-state index in [9.17, 15) is 0 Å². The molecule has 0 saturated carbocycles. The van der Waals surface area contributed by atoms with Crippen LogP contribution in [0.4, 0.5) is 0 Å². The van der Waals surface area contributed by atoms with Crippen molar-refractivity contribution >= 4 is 17.2 Å². The maximum absolute atomic E-state index is 5.81. The summed E-state index contributed by atoms with van der Waals surface area (Å²) in [7, 11) is 1.63. The van der Waals surface area contributed by atoms with Gasteiger partial charge in [-0.25, -0.2) is 4.98 Å². The van der Waals surface area contributed by atoms with Crippen LogP contribution in [0.25, 0.3) is 5.65 Å². The lowest BCUT2D eigenvalue weighted by molar-refractivity contribution is 0.0106. The zero-order valence-electron chi connectivity index (χ0n) is 8.73. The Kier molecular flexibility index (Phi) is 2.36. The Morgan fingerprint density at radius 1 is 1.40 bits per heavy atom. The fourth-order valence-electron chi connectivity index (χ4n) is 1.28. The van der Waals surface area contributed by atoms with Gasteiger partial charge < -0.3 is 4.74 Å². The molecule has 0 fully saturated rings. The van der Waals surface area contributed by atoms with Crippen molar-refractivity contribution < 1.29 is 4.74 Å². The van der Waals surface area contributed by atoms with E-state index >= 15 is 0 Å². The van der Waals surface area contributed by atoms with Gasteiger partial charge in [0, 0.05) is 13.3 Å². The zero-order chi connectivity index (χ0) is 11.1. The third-order valence-electron chi connectivity index (χ3n) is 2.31. The number of rotatable bonds is 2. The van der Waals surface area contributed by atoms with Crippen LogP contribution in [-0.4, -0.2) is 26.7 Å². The van der Waals surface area contributed by atoms with E-state index in [2.05, 4.69) is 15.2 Å². The van der Waals surface area contributed by atoms with Crippen LogP contribution in [0, 0.1) is 0 Å². The van der Waals surface area contributed by atoms with Gasteiger partial charge in [0.25, 0.3) is 0 Å². The molecule has 0 aromatic carbocycles. The first-order chi connectivity index (χ1) is 7.04. The van der Waals surface area contributed by atoms with Crippen LogP contribution in [0.2, 0.25) is 5.15 Å². The minimum atomic E-state index is -0.510. The molecule has 15 heavy (non-hydrogen) atoms. The molecule has 0 atom stereocenters. The highest BCUT2D eigenvalue weighted by atomic mass is 35.5. The Morgan fingerprint density at radius 3 is 2.80 bits per heavy atom. The molecule has 0 aliphatic heterocycles. The molecule has 0 bridgehead atoms. The van der Waals surface area contributed by atoms with Gasteiger partial charge in [-0.15, -0.1) is 10.2 Å². The maximum Gasteiger partial charge on any atom is 0.179 e. The third kappa shape index (κ3) is 1.68. The molecule has 0 unspecified atom stereocenters. The van der Waals surface area contributed by atoms with Crippen molar-refractivity contribution in [2.45, 2.75) is 19.4 Å². The first-order valence-electron chi connectivity index (χ1n) is 4.46. The van der Waals surface area contributed by atoms with Crippen LogP contribution >= 0.6 is 11.6 Å². The topological polar surface area (TPSA) is 52.3 Å². The molecule has 6 heteroatoms. The largest absolute Gasteiger partial charge is 0.371 e. The summed E-state index contributed by atoms with van der Waals surface area (Å²) in [6.07, 6.45) is 3.25. The molecule has 0 saturated heterocycles. The number of hydrogen-bond acceptors (Lipinski definition) is 4. The van der Waals surface area contributed by atoms with Gasteiger partial charge in [0.1, 0.15) is 10.8 Å². The highest BCUT2D eigenvalue weighted by Gasteiger charge is 2.26. The summed E-state index contributed by atoms with van der Waals surface area (Å²) >= 11 is 5.81. The zero-order valence-corrected chi connectivity index (χ0v) is 9.49. The maximum atomic E-state index is 5.81. The summed E-state index contributed by atoms with van der Waals surface area (Å²) < 4.78 is 7.12. The first kappa shape index (κ1) is 10.3. The minimum absolute atomic E-state index is 0.399. The van der Waals surface area contributed by atoms with Gasteiger partial charge in [0.2, 0.25) is 0 Å². The predicted octanol–water partition coefficient (Wildman–Crippen LogP) is 1.66. The standard InChI is InChI=1S/C9H11ClN4O/c1-9(2,15-3)8-13-12-7-4-11-6(10)5-14(7)8/h4-5H,1-3H3. The molecule has 0 amide bonds. The third-order valence-corrected chi connectivity index (χ3v) is 2.51. The van der Waals surface area contributed by atoms with Gasteiger partial charge in [0.15, 0.2) is 11.5 Å². The average Bonchev–Trinajstić information content (AvgIpc) is 2.61. The van der Waals surface area contributed by atoms with Gasteiger partial charge >= 0.3 is 0 Å². The monoisotopic (exact) mass is 226 g/mol. The molecule has 2 rings (SSSR count). The molecular formula is C9H11ClN4O. The van der Waals surface area contributed by atoms with E-state index < -0.39 is 5.60 Å². The van der Waals surface area contributed by atoms with Crippen LogP contribution in [0.15, 0.2) is 12.4 Å². The normalized spacial score (nSPS) is 12.3. The van der Waals surface area contributed by atoms with Gasteiger partial charge in [-0.3, -0.25) is 4.40 Å². The minimum Gasteiger partial charge on any atom is -0.371 e. The summed E-state index contributed by atoms with van der Waals surface area (Å²) in [5.41, 5.74) is 0.143. The molecule has 2 heterocycles. The van der Waals surface area contributed by atoms with Crippen LogP contribution in [-0.2, 0) is 10.3 Å². The number of fused-ring (bicyclic) bond motifs is 1. The summed E-state index contributed by atoms with van der Waals surface area (Å²) in [4.78, 5) is 3.93. The summed E-state index contributed by atoms with van der Waals surface area (Å²) in [5.74, 6) is 0.698. The van der Waals surface area contributed by atoms with E-state index in [1.165, 1.54) is 0 Å². The lowest BCUT2D eigenvalue weighted by Crippen LogP contribution is -2.23. The van der Waals surface area contributed by atoms with E-state index in [4.69, 9.17) is 16.3 Å². The van der Waals surface area contributed by atoms with Gasteiger partial charge in [0.05, 0.1) is 6.20 Å². The Balaban J connectivity index is 2.67. The van der Waals surface area contributed by atoms with E-state index in [1.54, 1.807) is 23.9 Å². The number of ether oxygens (including phenoxy) is 1. The smallest absolute Gasteiger partial charge is 0.179 e. The van der Waals surface area contributed by atoms with Crippen molar-refractivity contribution in [2.24, 2.45) is 0 Å². The molecule has 2 aromatic rings. The Bertz CT molecular complexity index is 494. The Hall–Kier alpha value is -1.20. The van der Waals surface area contributed by atoms with Crippen molar-refractivity contribution in [3.63, 3.8) is 0 Å². The summed E-state index contributed by atoms with van der Waals surface area (Å²) in [5, 5.41) is 8.45. The van der Waals surface area contributed by atoms with Crippen molar-refractivity contribution in [3.8, 4) is 0 Å². The van der Waals surface area contributed by atoms with Gasteiger partial charge in [-0.1, -0.05) is 11.6 Å². The molecule has 5 nitrogen and oxygen atoms in total. The fourth-order valence-corrected chi connectivity index (χ4v) is 1.43. The number of nitrogens with zero attached hydrogens (tertiary/aromatic N) is 4. The first-order valence-corrected chi connectivity index (χ1v) is 4.84. The van der Waals surface area contributed by atoms with Crippen molar-refractivity contribution in [1.82, 2.24) is 19.6 Å². The summed E-state index contributed by atoms with van der Waals surface area (Å²) in [6, 6.07) is 0. The van der Waals surface area contributed by atoms with E-state index in [0.717, 1.165) is 0 Å². The lowest BCUT2D eigenvalue weighted by Gasteiger charge is -2.20. The highest BCUT2D eigenvalue weighted by Crippen LogP contribution is 2.22. The molecule has 0 spiro atoms. The van der Waals surface area contributed by atoms with Crippen LogP contribution in [0.3, 0.4) is 0 Å². The molecule has 2 aromatic heterocycles. The Morgan fingerprint density at radius 2 is 2.13 bits per heavy atom. The van der Waals surface area contributed by atoms with Crippen LogP contribution in [0.5, 0.6) is 0 Å². The predicted molar refractivity (Wildman–Crippen MR) is 55.8 cm³/mol. The SMILES string of the molecule is COC(C)(C)c1nnc2cnc(Cl)cn12. The molecule has 0 aliphatic carbocycles. The van der Waals surface area contributed by atoms with E-state index in [-0.39, 0.29) is 0 Å². The Labute approximate surface area is 92.1 Å². The van der Waals surface area contributed by atoms with Gasteiger partial charge in [-0.2, -0.15) is 0 Å². The number of aromatic nitrogens is 4. The van der Waals surface area contributed by atoms with Crippen LogP contribution in [0.1, 0.15) is 19.7 Å². The number of methoxy groups -OCH3 is 1. The number of hydrogen-bond donors (Lipinski definition) is 0. The second-order valence-electron chi connectivity index (χ2n) is 3.68. The quantitative estimate of drug-likeness (QED) is 0.782. The average molecular weight is 227 g/mol. The summed E-state index contributed by atoms with van der Waals surface area (Å²) in [6.45, 7) is 3.83. The second-order valence-corrected chi connectivity index (χ2v) is 4.06. The number of halogens is 1. The highest BCUT2D eigenvalue weighted by molar-refractivity contribution is 6.29. The van der Waals surface area contributed by atoms with Crippen LogP contribution < -0.4 is 0 Å².